The maximum Gasteiger partial charge on any atom is 0.349 e. The number of carboxylic acids is 1. The maximum absolute atomic E-state index is 13.4. The monoisotopic (exact) mass is 551 g/mol. The summed E-state index contributed by atoms with van der Waals surface area (Å²) in [5.74, 6) is -4.79. The smallest absolute Gasteiger partial charge is 0.349 e. The van der Waals surface area contributed by atoms with Crippen LogP contribution in [-0.2, 0) is 19.1 Å². The van der Waals surface area contributed by atoms with Crippen molar-refractivity contribution in [2.24, 2.45) is 0 Å². The van der Waals surface area contributed by atoms with Gasteiger partial charge < -0.3 is 19.9 Å². The molecule has 8 nitrogen and oxygen atoms in total. The summed E-state index contributed by atoms with van der Waals surface area (Å²) in [6.45, 7) is 0. The molecule has 0 aliphatic carbocycles. The Hall–Kier alpha value is -4.40. The van der Waals surface area contributed by atoms with Gasteiger partial charge in [-0.3, -0.25) is 4.79 Å². The number of anilines is 1. The summed E-state index contributed by atoms with van der Waals surface area (Å²) < 4.78 is 10.5. The number of hydrogen-bond donors (Lipinski definition) is 2. The van der Waals surface area contributed by atoms with Crippen molar-refractivity contribution in [3.05, 3.63) is 112 Å². The first-order chi connectivity index (χ1) is 18.2. The second-order valence-electron chi connectivity index (χ2n) is 8.02. The number of hydrogen-bond acceptors (Lipinski definition) is 6. The van der Waals surface area contributed by atoms with Gasteiger partial charge in [0.1, 0.15) is 0 Å². The third-order valence-corrected chi connectivity index (χ3v) is 5.96. The minimum Gasteiger partial charge on any atom is -0.478 e. The Morgan fingerprint density at radius 3 is 1.71 bits per heavy atom. The zero-order valence-corrected chi connectivity index (χ0v) is 21.0. The van der Waals surface area contributed by atoms with Gasteiger partial charge in [0.2, 0.25) is 12.2 Å². The van der Waals surface area contributed by atoms with Crippen LogP contribution in [0, 0.1) is 0 Å². The first kappa shape index (κ1) is 26.7. The molecule has 2 N–H and O–H groups in total. The van der Waals surface area contributed by atoms with E-state index < -0.39 is 36.0 Å². The van der Waals surface area contributed by atoms with E-state index in [0.717, 1.165) is 5.39 Å². The molecular weight excluding hydrogens is 533 g/mol. The van der Waals surface area contributed by atoms with Crippen molar-refractivity contribution < 1.29 is 33.8 Å². The minimum atomic E-state index is -2.18. The Bertz CT molecular complexity index is 1500. The van der Waals surface area contributed by atoms with Crippen molar-refractivity contribution in [3.8, 4) is 0 Å². The number of esters is 2. The number of nitrogens with one attached hydrogen (secondary N) is 1. The highest BCUT2D eigenvalue weighted by Crippen LogP contribution is 2.24. The zero-order chi connectivity index (χ0) is 27.2. The number of ether oxygens (including phenoxy) is 2. The average Bonchev–Trinajstić information content (AvgIpc) is 2.91. The van der Waals surface area contributed by atoms with Gasteiger partial charge >= 0.3 is 17.9 Å². The van der Waals surface area contributed by atoms with Crippen LogP contribution < -0.4 is 5.32 Å². The van der Waals surface area contributed by atoms with E-state index >= 15 is 0 Å². The summed E-state index contributed by atoms with van der Waals surface area (Å²) in [5, 5.41) is 14.7. The van der Waals surface area contributed by atoms with Crippen LogP contribution in [0.15, 0.2) is 91.0 Å². The predicted molar refractivity (Wildman–Crippen MR) is 142 cm³/mol. The third-order valence-electron chi connectivity index (χ3n) is 5.45. The van der Waals surface area contributed by atoms with E-state index in [2.05, 4.69) is 5.32 Å². The quantitative estimate of drug-likeness (QED) is 0.272. The lowest BCUT2D eigenvalue weighted by atomic mass is 10.1. The molecule has 4 aromatic rings. The Morgan fingerprint density at radius 1 is 0.658 bits per heavy atom. The van der Waals surface area contributed by atoms with Crippen molar-refractivity contribution in [2.75, 3.05) is 5.32 Å². The number of amides is 1. The number of fused-ring (bicyclic) bond motifs is 1. The lowest BCUT2D eigenvalue weighted by molar-refractivity contribution is -0.157. The molecule has 0 spiro atoms. The van der Waals surface area contributed by atoms with Crippen molar-refractivity contribution >= 4 is 63.5 Å². The normalized spacial score (nSPS) is 12.3. The Morgan fingerprint density at radius 2 is 1.16 bits per heavy atom. The Labute approximate surface area is 226 Å². The van der Waals surface area contributed by atoms with E-state index in [0.29, 0.717) is 21.1 Å². The van der Waals surface area contributed by atoms with Crippen molar-refractivity contribution in [1.29, 1.82) is 0 Å². The van der Waals surface area contributed by atoms with E-state index in [4.69, 9.17) is 32.7 Å². The Balaban J connectivity index is 1.66. The minimum absolute atomic E-state index is 0.00512. The number of aliphatic carboxylic acids is 1. The Kier molecular flexibility index (Phi) is 8.25. The van der Waals surface area contributed by atoms with Crippen molar-refractivity contribution in [1.82, 2.24) is 0 Å². The van der Waals surface area contributed by atoms with Crippen molar-refractivity contribution in [3.63, 3.8) is 0 Å². The van der Waals surface area contributed by atoms with Gasteiger partial charge in [0.05, 0.1) is 11.1 Å². The van der Waals surface area contributed by atoms with Gasteiger partial charge in [0.25, 0.3) is 5.91 Å². The number of carbonyl (C=O) groups excluding carboxylic acids is 3. The summed E-state index contributed by atoms with van der Waals surface area (Å²) in [5.41, 5.74) is 0.331. The summed E-state index contributed by atoms with van der Waals surface area (Å²) in [7, 11) is 0. The van der Waals surface area contributed by atoms with Gasteiger partial charge in [-0.15, -0.1) is 0 Å². The first-order valence-electron chi connectivity index (χ1n) is 11.2. The molecule has 38 heavy (non-hydrogen) atoms. The highest BCUT2D eigenvalue weighted by Gasteiger charge is 2.41. The summed E-state index contributed by atoms with van der Waals surface area (Å²) in [4.78, 5) is 51.2. The predicted octanol–water partition coefficient (Wildman–Crippen LogP) is 5.62. The summed E-state index contributed by atoms with van der Waals surface area (Å²) in [6, 6.07) is 23.3. The van der Waals surface area contributed by atoms with Gasteiger partial charge in [-0.25, -0.2) is 14.4 Å². The summed E-state index contributed by atoms with van der Waals surface area (Å²) >= 11 is 11.7. The van der Waals surface area contributed by atoms with Gasteiger partial charge in [-0.2, -0.15) is 0 Å². The lowest BCUT2D eigenvalue weighted by Crippen LogP contribution is -2.48. The standard InChI is InChI=1S/C28H19Cl2NO7/c29-19-12-8-17(9-13-19)27(35)37-23(24(26(33)34)38-28(36)18-10-14-20(30)15-11-18)25(32)31-22-7-3-5-16-4-1-2-6-21(16)22/h1-15,23-24H,(H,31,32)(H,33,34)/t23-,24-/m1/s1. The van der Waals surface area contributed by atoms with E-state index in [1.54, 1.807) is 24.3 Å². The molecule has 192 valence electrons. The fourth-order valence-corrected chi connectivity index (χ4v) is 3.82. The molecule has 0 bridgehead atoms. The average molecular weight is 552 g/mol. The van der Waals surface area contributed by atoms with Gasteiger partial charge in [0, 0.05) is 21.1 Å². The molecule has 0 saturated heterocycles. The van der Waals surface area contributed by atoms with E-state index in [-0.39, 0.29) is 11.1 Å². The van der Waals surface area contributed by atoms with Crippen LogP contribution in [-0.4, -0.2) is 41.1 Å². The van der Waals surface area contributed by atoms with Gasteiger partial charge in [-0.1, -0.05) is 59.6 Å². The number of rotatable bonds is 8. The van der Waals surface area contributed by atoms with Crippen LogP contribution in [0.2, 0.25) is 10.0 Å². The SMILES string of the molecule is O=C(O[C@@H](C(=O)O)[C@@H](OC(=O)c1ccc(Cl)cc1)C(=O)Nc1cccc2ccccc12)c1ccc(Cl)cc1. The lowest BCUT2D eigenvalue weighted by Gasteiger charge is -2.24. The fraction of sp³-hybridized carbons (Fsp3) is 0.0714. The van der Waals surface area contributed by atoms with Crippen LogP contribution >= 0.6 is 23.2 Å². The van der Waals surface area contributed by atoms with E-state index in [1.165, 1.54) is 48.5 Å². The highest BCUT2D eigenvalue weighted by atomic mass is 35.5. The van der Waals surface area contributed by atoms with Crippen molar-refractivity contribution in [2.45, 2.75) is 12.2 Å². The third kappa shape index (κ3) is 6.29. The molecule has 0 aromatic heterocycles. The van der Waals surface area contributed by atoms with Crippen LogP contribution in [0.4, 0.5) is 5.69 Å². The topological polar surface area (TPSA) is 119 Å². The molecule has 4 rings (SSSR count). The molecule has 1 amide bonds. The number of benzene rings is 4. The molecule has 0 heterocycles. The summed E-state index contributed by atoms with van der Waals surface area (Å²) in [6.07, 6.45) is -4.23. The van der Waals surface area contributed by atoms with Crippen LogP contribution in [0.1, 0.15) is 20.7 Å². The molecule has 10 heteroatoms. The second kappa shape index (κ2) is 11.8. The molecular formula is C28H19Cl2NO7. The number of carbonyl (C=O) groups is 4. The first-order valence-corrected chi connectivity index (χ1v) is 11.9. The molecule has 0 aliphatic rings. The van der Waals surface area contributed by atoms with Gasteiger partial charge in [0.15, 0.2) is 0 Å². The van der Waals surface area contributed by atoms with Crippen LogP contribution in [0.3, 0.4) is 0 Å². The van der Waals surface area contributed by atoms with E-state index in [9.17, 15) is 24.3 Å². The molecule has 0 fully saturated rings. The molecule has 4 aromatic carbocycles. The van der Waals surface area contributed by atoms with Gasteiger partial charge in [-0.05, 0) is 60.0 Å². The maximum atomic E-state index is 13.4. The number of halogens is 2. The molecule has 2 atom stereocenters. The van der Waals surface area contributed by atoms with Crippen LogP contribution in [0.5, 0.6) is 0 Å². The molecule has 0 radical (unpaired) electrons. The largest absolute Gasteiger partial charge is 0.478 e. The van der Waals surface area contributed by atoms with Crippen LogP contribution in [0.25, 0.3) is 10.8 Å². The van der Waals surface area contributed by atoms with E-state index in [1.807, 2.05) is 18.2 Å². The molecule has 0 unspecified atom stereocenters. The second-order valence-corrected chi connectivity index (χ2v) is 8.89. The zero-order valence-electron chi connectivity index (χ0n) is 19.5. The molecule has 0 saturated carbocycles. The molecule has 0 aliphatic heterocycles. The number of carboxylic acid groups (broad SMARTS) is 1. The highest BCUT2D eigenvalue weighted by molar-refractivity contribution is 6.31. The fourth-order valence-electron chi connectivity index (χ4n) is 3.57.